The van der Waals surface area contributed by atoms with Gasteiger partial charge in [0.25, 0.3) is 0 Å². The van der Waals surface area contributed by atoms with Crippen molar-refractivity contribution in [1.82, 2.24) is 9.13 Å². The number of para-hydroxylation sites is 2. The summed E-state index contributed by atoms with van der Waals surface area (Å²) in [7, 11) is 0. The van der Waals surface area contributed by atoms with Gasteiger partial charge in [-0.25, -0.2) is 0 Å². The topological polar surface area (TPSA) is 9.86 Å². The van der Waals surface area contributed by atoms with Crippen molar-refractivity contribution in [3.05, 3.63) is 288 Å². The number of nitrogens with zero attached hydrogens (tertiary/aromatic N) is 2. The minimum absolute atomic E-state index is 0.0617. The third-order valence-electron chi connectivity index (χ3n) is 17.7. The molecule has 0 bridgehead atoms. The molecule has 0 aliphatic heterocycles. The molecule has 0 saturated heterocycles. The molecule has 16 rings (SSSR count). The summed E-state index contributed by atoms with van der Waals surface area (Å²) >= 11 is 0. The van der Waals surface area contributed by atoms with Crippen LogP contribution in [0.4, 0.5) is 0 Å². The van der Waals surface area contributed by atoms with E-state index in [4.69, 9.17) is 0 Å². The Balaban J connectivity index is 0.642. The molecule has 2 heteroatoms. The molecule has 12 aromatic carbocycles. The number of aromatic nitrogens is 2. The van der Waals surface area contributed by atoms with Gasteiger partial charge >= 0.3 is 0 Å². The van der Waals surface area contributed by atoms with Crippen LogP contribution in [-0.2, 0) is 5.41 Å². The third-order valence-corrected chi connectivity index (χ3v) is 17.7. The van der Waals surface area contributed by atoms with E-state index in [-0.39, 0.29) is 5.41 Å². The predicted octanol–water partition coefficient (Wildman–Crippen LogP) is 20.7. The quantitative estimate of drug-likeness (QED) is 0.134. The first-order chi connectivity index (χ1) is 39.1. The van der Waals surface area contributed by atoms with Crippen LogP contribution in [0.15, 0.2) is 255 Å². The van der Waals surface area contributed by atoms with Gasteiger partial charge in [0.2, 0.25) is 0 Å². The van der Waals surface area contributed by atoms with E-state index < -0.39 is 0 Å². The zero-order valence-electron chi connectivity index (χ0n) is 43.8. The van der Waals surface area contributed by atoms with Gasteiger partial charge in [-0.2, -0.15) is 0 Å². The fourth-order valence-corrected chi connectivity index (χ4v) is 13.8. The van der Waals surface area contributed by atoms with Gasteiger partial charge in [0.05, 0.1) is 33.4 Å². The zero-order chi connectivity index (χ0) is 52.0. The van der Waals surface area contributed by atoms with E-state index >= 15 is 0 Å². The highest BCUT2D eigenvalue weighted by atomic mass is 15.0. The van der Waals surface area contributed by atoms with Crippen molar-refractivity contribution >= 4 is 89.5 Å². The second-order valence-corrected chi connectivity index (χ2v) is 22.0. The van der Waals surface area contributed by atoms with Crippen LogP contribution in [0, 0.1) is 0 Å². The van der Waals surface area contributed by atoms with E-state index in [9.17, 15) is 0 Å². The molecule has 2 heterocycles. The fraction of sp³-hybridized carbons (Fsp3) is 0.0649. The van der Waals surface area contributed by atoms with Crippen LogP contribution in [-0.4, -0.2) is 9.13 Å². The smallest absolute Gasteiger partial charge is 0.0541 e. The van der Waals surface area contributed by atoms with Crippen molar-refractivity contribution in [2.75, 3.05) is 0 Å². The molecule has 2 aromatic heterocycles. The lowest BCUT2D eigenvalue weighted by atomic mass is 9.76. The summed E-state index contributed by atoms with van der Waals surface area (Å²) in [6.07, 6.45) is 14.1. The van der Waals surface area contributed by atoms with Crippen molar-refractivity contribution in [1.29, 1.82) is 0 Å². The lowest BCUT2D eigenvalue weighted by Crippen LogP contribution is -2.20. The van der Waals surface area contributed by atoms with Crippen LogP contribution in [0.1, 0.15) is 59.1 Å². The first kappa shape index (κ1) is 45.4. The first-order valence-corrected chi connectivity index (χ1v) is 28.0. The average Bonchev–Trinajstić information content (AvgIpc) is 4.47. The van der Waals surface area contributed by atoms with E-state index in [0.29, 0.717) is 0 Å². The second-order valence-electron chi connectivity index (χ2n) is 22.0. The molecule has 79 heavy (non-hydrogen) atoms. The predicted molar refractivity (Wildman–Crippen MR) is 336 cm³/mol. The number of benzene rings is 12. The Kier molecular flexibility index (Phi) is 10.5. The van der Waals surface area contributed by atoms with Gasteiger partial charge < -0.3 is 9.13 Å². The molecule has 2 nitrogen and oxygen atoms in total. The van der Waals surface area contributed by atoms with E-state index in [1.165, 1.54) is 169 Å². The van der Waals surface area contributed by atoms with Crippen LogP contribution in [0.2, 0.25) is 0 Å². The molecular formula is C77H54N2. The summed E-state index contributed by atoms with van der Waals surface area (Å²) in [6.45, 7) is 0. The molecule has 0 N–H and O–H groups in total. The lowest BCUT2D eigenvalue weighted by molar-refractivity contribution is 0.550. The van der Waals surface area contributed by atoms with Gasteiger partial charge in [0.15, 0.2) is 0 Å². The van der Waals surface area contributed by atoms with Gasteiger partial charge in [0, 0.05) is 37.7 Å². The molecule has 0 amide bonds. The minimum Gasteiger partial charge on any atom is -0.309 e. The third kappa shape index (κ3) is 7.39. The lowest BCUT2D eigenvalue weighted by Gasteiger charge is -2.27. The summed E-state index contributed by atoms with van der Waals surface area (Å²) in [5.41, 5.74) is 23.0. The Bertz CT molecular complexity index is 4510. The van der Waals surface area contributed by atoms with Crippen LogP contribution in [0.3, 0.4) is 0 Å². The van der Waals surface area contributed by atoms with Gasteiger partial charge in [-0.3, -0.25) is 0 Å². The van der Waals surface area contributed by atoms with Gasteiger partial charge in [-0.1, -0.05) is 243 Å². The van der Waals surface area contributed by atoms with Crippen LogP contribution in [0.5, 0.6) is 0 Å². The normalized spacial score (nSPS) is 13.9. The summed E-state index contributed by atoms with van der Waals surface area (Å²) in [5, 5.41) is 10.1. The monoisotopic (exact) mass is 1010 g/mol. The molecule has 1 spiro atoms. The standard InChI is InChI=1S/C77H54N2/c1-3-17-61-57(13-1)15-11-23-71(61)78-73-21-7-5-19-65(73)67-49-59(39-43-75(67)78)55-35-29-51(30-36-55)25-27-53-33-41-63-64-42-34-54(48-70(64)77(69(63)47-53)45-9-10-46-77)28-26-52-31-37-56(38-32-52)60-40-44-76-68(50-60)66-20-6-8-22-74(66)79(76)72-24-12-16-58-14-2-4-18-62(58)72/h1-8,11-44,47-50H,9-10,45-46H2. The molecular weight excluding hydrogens is 953 g/mol. The maximum atomic E-state index is 2.49. The highest BCUT2D eigenvalue weighted by Gasteiger charge is 2.45. The maximum absolute atomic E-state index is 2.49. The molecule has 372 valence electrons. The summed E-state index contributed by atoms with van der Waals surface area (Å²) in [4.78, 5) is 0. The van der Waals surface area contributed by atoms with Crippen LogP contribution in [0.25, 0.3) is 134 Å². The average molecular weight is 1010 g/mol. The molecule has 14 aromatic rings. The first-order valence-electron chi connectivity index (χ1n) is 28.0. The number of hydrogen-bond acceptors (Lipinski definition) is 0. The van der Waals surface area contributed by atoms with E-state index in [1.54, 1.807) is 0 Å². The summed E-state index contributed by atoms with van der Waals surface area (Å²) < 4.78 is 4.87. The van der Waals surface area contributed by atoms with Crippen molar-refractivity contribution in [2.45, 2.75) is 31.1 Å². The van der Waals surface area contributed by atoms with Crippen molar-refractivity contribution < 1.29 is 0 Å². The maximum Gasteiger partial charge on any atom is 0.0541 e. The van der Waals surface area contributed by atoms with Crippen molar-refractivity contribution in [3.63, 3.8) is 0 Å². The van der Waals surface area contributed by atoms with Gasteiger partial charge in [-0.05, 0) is 139 Å². The zero-order valence-corrected chi connectivity index (χ0v) is 43.8. The van der Waals surface area contributed by atoms with Crippen LogP contribution >= 0.6 is 0 Å². The molecule has 0 atom stereocenters. The van der Waals surface area contributed by atoms with Crippen molar-refractivity contribution in [2.24, 2.45) is 0 Å². The Morgan fingerprint density at radius 2 is 0.646 bits per heavy atom. The van der Waals surface area contributed by atoms with Gasteiger partial charge in [-0.15, -0.1) is 0 Å². The summed E-state index contributed by atoms with van der Waals surface area (Å²) in [6, 6.07) is 94.6. The molecule has 0 radical (unpaired) electrons. The molecule has 0 unspecified atom stereocenters. The second kappa shape index (κ2) is 18.2. The Morgan fingerprint density at radius 3 is 1.11 bits per heavy atom. The molecule has 1 saturated carbocycles. The fourth-order valence-electron chi connectivity index (χ4n) is 13.8. The number of hydrogen-bond donors (Lipinski definition) is 0. The number of rotatable bonds is 8. The summed E-state index contributed by atoms with van der Waals surface area (Å²) in [5.74, 6) is 0. The number of fused-ring (bicyclic) bond motifs is 13. The van der Waals surface area contributed by atoms with E-state index in [1.807, 2.05) is 0 Å². The van der Waals surface area contributed by atoms with E-state index in [2.05, 4.69) is 288 Å². The Hall–Kier alpha value is -9.76. The molecule has 1 fully saturated rings. The highest BCUT2D eigenvalue weighted by Crippen LogP contribution is 2.57. The van der Waals surface area contributed by atoms with Crippen LogP contribution < -0.4 is 0 Å². The SMILES string of the molecule is C(=Cc1ccc2c(c1)C1(CCCC1)c1cc(C=Cc3ccc(-c4ccc5c(c4)c4ccccc4n5-c4cccc5ccccc45)cc3)ccc1-2)c1ccc(-c2ccc3c(c2)c2ccccc2n3-c2cccc3ccccc23)cc1. The van der Waals surface area contributed by atoms with Gasteiger partial charge in [0.1, 0.15) is 0 Å². The van der Waals surface area contributed by atoms with E-state index in [0.717, 1.165) is 0 Å². The minimum atomic E-state index is 0.0617. The molecule has 2 aliphatic rings. The van der Waals surface area contributed by atoms with Crippen molar-refractivity contribution in [3.8, 4) is 44.8 Å². The highest BCUT2D eigenvalue weighted by molar-refractivity contribution is 6.13. The largest absolute Gasteiger partial charge is 0.309 e. The Labute approximate surface area is 460 Å². The Morgan fingerprint density at radius 1 is 0.278 bits per heavy atom. The molecule has 2 aliphatic carbocycles.